The van der Waals surface area contributed by atoms with Gasteiger partial charge in [-0.2, -0.15) is 0 Å². The van der Waals surface area contributed by atoms with Gasteiger partial charge in [-0.1, -0.05) is 19.3 Å². The number of carbonyl (C=O) groups excluding carboxylic acids is 1. The number of hydrogen-bond acceptors (Lipinski definition) is 5. The number of hydrogen-bond donors (Lipinski definition) is 1. The van der Waals surface area contributed by atoms with Gasteiger partial charge in [-0.25, -0.2) is 4.98 Å². The van der Waals surface area contributed by atoms with E-state index in [0.717, 1.165) is 42.7 Å². The molecule has 1 heterocycles. The number of ether oxygens (including phenoxy) is 2. The Morgan fingerprint density at radius 2 is 1.93 bits per heavy atom. The van der Waals surface area contributed by atoms with Crippen LogP contribution in [-0.4, -0.2) is 31.2 Å². The molecule has 0 unspecified atom stereocenters. The van der Waals surface area contributed by atoms with Crippen LogP contribution in [0.3, 0.4) is 0 Å². The fourth-order valence-corrected chi connectivity index (χ4v) is 3.72. The Hall–Kier alpha value is -2.50. The van der Waals surface area contributed by atoms with Gasteiger partial charge in [0.15, 0.2) is 11.5 Å². The van der Waals surface area contributed by atoms with Gasteiger partial charge in [0.2, 0.25) is 11.8 Å². The Balaban J connectivity index is 1.56. The number of amides is 1. The molecule has 3 rings (SSSR count). The van der Waals surface area contributed by atoms with E-state index in [0.29, 0.717) is 29.9 Å². The highest BCUT2D eigenvalue weighted by atomic mass is 16.5. The van der Waals surface area contributed by atoms with E-state index in [4.69, 9.17) is 13.9 Å². The molecule has 1 aromatic heterocycles. The summed E-state index contributed by atoms with van der Waals surface area (Å²) in [6, 6.07) is 5.95. The van der Waals surface area contributed by atoms with E-state index < -0.39 is 0 Å². The van der Waals surface area contributed by atoms with Crippen LogP contribution in [0.15, 0.2) is 22.6 Å². The quantitative estimate of drug-likeness (QED) is 0.726. The van der Waals surface area contributed by atoms with Crippen molar-refractivity contribution in [2.24, 2.45) is 0 Å². The van der Waals surface area contributed by atoms with Crippen molar-refractivity contribution in [3.8, 4) is 23.0 Å². The SMILES string of the molecule is COc1ccc(-c2nc(CCCC(=O)NC3CCCCC3)c(C)o2)cc1OC. The second-order valence-corrected chi connectivity index (χ2v) is 7.35. The smallest absolute Gasteiger partial charge is 0.226 e. The molecular weight excluding hydrogens is 356 g/mol. The highest BCUT2D eigenvalue weighted by Gasteiger charge is 2.17. The summed E-state index contributed by atoms with van der Waals surface area (Å²) in [6.07, 6.45) is 7.97. The molecule has 6 nitrogen and oxygen atoms in total. The van der Waals surface area contributed by atoms with E-state index in [1.807, 2.05) is 25.1 Å². The molecular formula is C22H30N2O4. The van der Waals surface area contributed by atoms with E-state index in [2.05, 4.69) is 10.3 Å². The van der Waals surface area contributed by atoms with Crippen LogP contribution in [0.2, 0.25) is 0 Å². The van der Waals surface area contributed by atoms with Crippen LogP contribution in [0.4, 0.5) is 0 Å². The summed E-state index contributed by atoms with van der Waals surface area (Å²) in [5, 5.41) is 3.17. The fraction of sp³-hybridized carbons (Fsp3) is 0.545. The summed E-state index contributed by atoms with van der Waals surface area (Å²) in [5.74, 6) is 2.79. The minimum Gasteiger partial charge on any atom is -0.493 e. The maximum atomic E-state index is 12.2. The first-order valence-corrected chi connectivity index (χ1v) is 10.1. The van der Waals surface area contributed by atoms with Crippen molar-refractivity contribution in [3.63, 3.8) is 0 Å². The minimum atomic E-state index is 0.146. The van der Waals surface area contributed by atoms with Crippen LogP contribution < -0.4 is 14.8 Å². The number of benzene rings is 1. The van der Waals surface area contributed by atoms with Gasteiger partial charge in [0.1, 0.15) is 5.76 Å². The molecule has 1 N–H and O–H groups in total. The molecule has 0 bridgehead atoms. The van der Waals surface area contributed by atoms with E-state index in [-0.39, 0.29) is 5.91 Å². The lowest BCUT2D eigenvalue weighted by molar-refractivity contribution is -0.122. The lowest BCUT2D eigenvalue weighted by atomic mass is 9.95. The minimum absolute atomic E-state index is 0.146. The summed E-state index contributed by atoms with van der Waals surface area (Å²) >= 11 is 0. The van der Waals surface area contributed by atoms with Gasteiger partial charge in [-0.15, -0.1) is 0 Å². The van der Waals surface area contributed by atoms with E-state index in [9.17, 15) is 4.79 Å². The molecule has 0 saturated heterocycles. The summed E-state index contributed by atoms with van der Waals surface area (Å²) in [4.78, 5) is 16.8. The number of carbonyl (C=O) groups is 1. The van der Waals surface area contributed by atoms with Crippen molar-refractivity contribution < 1.29 is 18.7 Å². The second-order valence-electron chi connectivity index (χ2n) is 7.35. The lowest BCUT2D eigenvalue weighted by Crippen LogP contribution is -2.36. The van der Waals surface area contributed by atoms with Gasteiger partial charge in [0.25, 0.3) is 0 Å². The zero-order valence-corrected chi connectivity index (χ0v) is 17.0. The number of nitrogens with one attached hydrogen (secondary N) is 1. The highest BCUT2D eigenvalue weighted by molar-refractivity contribution is 5.76. The van der Waals surface area contributed by atoms with Gasteiger partial charge in [-0.05, 0) is 50.8 Å². The summed E-state index contributed by atoms with van der Waals surface area (Å²) < 4.78 is 16.5. The van der Waals surface area contributed by atoms with Crippen LogP contribution in [0.1, 0.15) is 56.4 Å². The molecule has 1 aliphatic carbocycles. The highest BCUT2D eigenvalue weighted by Crippen LogP contribution is 2.32. The van der Waals surface area contributed by atoms with Gasteiger partial charge >= 0.3 is 0 Å². The molecule has 1 aliphatic rings. The number of aromatic nitrogens is 1. The molecule has 152 valence electrons. The third-order valence-electron chi connectivity index (χ3n) is 5.31. The number of nitrogens with zero attached hydrogens (tertiary/aromatic N) is 1. The Bertz CT molecular complexity index is 794. The number of aryl methyl sites for hydroxylation is 2. The first kappa shape index (κ1) is 20.2. The molecule has 28 heavy (non-hydrogen) atoms. The Morgan fingerprint density at radius 3 is 2.64 bits per heavy atom. The molecule has 6 heteroatoms. The van der Waals surface area contributed by atoms with E-state index in [1.165, 1.54) is 19.3 Å². The van der Waals surface area contributed by atoms with Crippen molar-refractivity contribution in [3.05, 3.63) is 29.7 Å². The molecule has 0 atom stereocenters. The van der Waals surface area contributed by atoms with Crippen LogP contribution in [0, 0.1) is 6.92 Å². The summed E-state index contributed by atoms with van der Waals surface area (Å²) in [6.45, 7) is 1.91. The van der Waals surface area contributed by atoms with Gasteiger partial charge in [-0.3, -0.25) is 4.79 Å². The molecule has 0 radical (unpaired) electrons. The molecule has 2 aromatic rings. The van der Waals surface area contributed by atoms with Crippen LogP contribution in [0.25, 0.3) is 11.5 Å². The lowest BCUT2D eigenvalue weighted by Gasteiger charge is -2.22. The average Bonchev–Trinajstić information content (AvgIpc) is 3.08. The Kier molecular flexibility index (Phi) is 6.95. The molecule has 1 amide bonds. The maximum absolute atomic E-state index is 12.2. The third-order valence-corrected chi connectivity index (χ3v) is 5.31. The van der Waals surface area contributed by atoms with Crippen molar-refractivity contribution in [1.82, 2.24) is 10.3 Å². The normalized spacial score (nSPS) is 14.7. The largest absolute Gasteiger partial charge is 0.493 e. The monoisotopic (exact) mass is 386 g/mol. The predicted molar refractivity (Wildman–Crippen MR) is 108 cm³/mol. The fourth-order valence-electron chi connectivity index (χ4n) is 3.72. The molecule has 1 fully saturated rings. The van der Waals surface area contributed by atoms with Crippen LogP contribution in [0.5, 0.6) is 11.5 Å². The Labute approximate surface area is 166 Å². The van der Waals surface area contributed by atoms with Gasteiger partial charge < -0.3 is 19.2 Å². The third kappa shape index (κ3) is 5.06. The summed E-state index contributed by atoms with van der Waals surface area (Å²) in [7, 11) is 3.21. The van der Waals surface area contributed by atoms with Crippen molar-refractivity contribution >= 4 is 5.91 Å². The average molecular weight is 386 g/mol. The van der Waals surface area contributed by atoms with Crippen molar-refractivity contribution in [2.45, 2.75) is 64.3 Å². The molecule has 1 saturated carbocycles. The van der Waals surface area contributed by atoms with Crippen molar-refractivity contribution in [2.75, 3.05) is 14.2 Å². The van der Waals surface area contributed by atoms with Gasteiger partial charge in [0.05, 0.1) is 19.9 Å². The first-order chi connectivity index (χ1) is 13.6. The van der Waals surface area contributed by atoms with E-state index >= 15 is 0 Å². The Morgan fingerprint density at radius 1 is 1.18 bits per heavy atom. The van der Waals surface area contributed by atoms with E-state index in [1.54, 1.807) is 14.2 Å². The zero-order chi connectivity index (χ0) is 19.9. The van der Waals surface area contributed by atoms with Crippen LogP contribution >= 0.6 is 0 Å². The molecule has 0 spiro atoms. The maximum Gasteiger partial charge on any atom is 0.226 e. The molecule has 1 aromatic carbocycles. The predicted octanol–water partition coefficient (Wildman–Crippen LogP) is 4.44. The molecule has 0 aliphatic heterocycles. The number of oxazole rings is 1. The standard InChI is InChI=1S/C22H30N2O4/c1-15-18(10-7-11-21(25)23-17-8-5-4-6-9-17)24-22(28-15)16-12-13-19(26-2)20(14-16)27-3/h12-14,17H,4-11H2,1-3H3,(H,23,25). The van der Waals surface area contributed by atoms with Gasteiger partial charge in [0, 0.05) is 18.0 Å². The topological polar surface area (TPSA) is 73.6 Å². The van der Waals surface area contributed by atoms with Crippen molar-refractivity contribution in [1.29, 1.82) is 0 Å². The van der Waals surface area contributed by atoms with Crippen LogP contribution in [-0.2, 0) is 11.2 Å². The first-order valence-electron chi connectivity index (χ1n) is 10.1. The summed E-state index contributed by atoms with van der Waals surface area (Å²) in [5.41, 5.74) is 1.73. The number of rotatable bonds is 8. The second kappa shape index (κ2) is 9.62. The number of methoxy groups -OCH3 is 2. The zero-order valence-electron chi connectivity index (χ0n) is 17.0.